The van der Waals surface area contributed by atoms with Gasteiger partial charge in [0.25, 0.3) is 0 Å². The summed E-state index contributed by atoms with van der Waals surface area (Å²) in [6.45, 7) is 6.87. The molecule has 9 aromatic carbocycles. The smallest absolute Gasteiger partial charge is 0.416 e. The number of benzene rings is 9. The Morgan fingerprint density at radius 2 is 0.775 bits per heavy atom. The van der Waals surface area contributed by atoms with Gasteiger partial charge in [-0.05, 0) is 97.9 Å². The van der Waals surface area contributed by atoms with Crippen molar-refractivity contribution in [3.63, 3.8) is 0 Å². The fourth-order valence-corrected chi connectivity index (χ4v) is 12.8. The molecule has 0 atom stereocenters. The Labute approximate surface area is 440 Å². The molecule has 0 unspecified atom stereocenters. The SMILES string of the molecule is Cc1ccc(C(C)C)cc1.[Cl][Ru][Cl].c1cc(COP2Oc3ccc4ccccc4c3Sc3c(ccc4ccccc34)O2)nc(COP2Oc3ccc4ccccc4c3Sc3c(ccc4ccccc34)O2)c1. The summed E-state index contributed by atoms with van der Waals surface area (Å²) >= 11 is 2.99. The largest absolute Gasteiger partial charge is 0.463 e. The molecule has 71 heavy (non-hydrogen) atoms. The van der Waals surface area contributed by atoms with Crippen LogP contribution in [0.1, 0.15) is 42.3 Å². The number of rotatable bonds is 7. The van der Waals surface area contributed by atoms with Crippen molar-refractivity contribution >= 4 is 103 Å². The van der Waals surface area contributed by atoms with E-state index in [-0.39, 0.29) is 28.4 Å². The van der Waals surface area contributed by atoms with Crippen LogP contribution in [0.25, 0.3) is 43.1 Å². The number of nitrogens with zero attached hydrogens (tertiary/aromatic N) is 1. The summed E-state index contributed by atoms with van der Waals surface area (Å²) in [6.07, 6.45) is 0. The van der Waals surface area contributed by atoms with Crippen LogP contribution in [0.3, 0.4) is 0 Å². The number of aryl methyl sites for hydroxylation is 1. The van der Waals surface area contributed by atoms with Crippen LogP contribution in [-0.2, 0) is 37.4 Å². The van der Waals surface area contributed by atoms with Gasteiger partial charge in [-0.25, -0.2) is 0 Å². The molecule has 0 N–H and O–H groups in total. The molecule has 0 saturated carbocycles. The molecule has 358 valence electrons. The Morgan fingerprint density at radius 1 is 0.451 bits per heavy atom. The predicted octanol–water partition coefficient (Wildman–Crippen LogP) is 18.9. The van der Waals surface area contributed by atoms with Gasteiger partial charge in [0.15, 0.2) is 0 Å². The zero-order valence-electron chi connectivity index (χ0n) is 38.6. The van der Waals surface area contributed by atoms with Crippen LogP contribution in [-0.4, -0.2) is 4.98 Å². The molecular formula is C57H45Cl2NO6P2RuS2. The number of pyridine rings is 1. The van der Waals surface area contributed by atoms with Crippen molar-refractivity contribution in [3.8, 4) is 23.0 Å². The number of hydrogen-bond donors (Lipinski definition) is 0. The maximum absolute atomic E-state index is 6.54. The molecule has 0 spiro atoms. The average molecular weight is 1140 g/mol. The number of fused-ring (bicyclic) bond motifs is 12. The van der Waals surface area contributed by atoms with Crippen LogP contribution in [0, 0.1) is 6.92 Å². The van der Waals surface area contributed by atoms with E-state index in [0.29, 0.717) is 40.3 Å². The van der Waals surface area contributed by atoms with E-state index in [1.54, 1.807) is 23.5 Å². The number of halogens is 2. The van der Waals surface area contributed by atoms with E-state index < -0.39 is 17.2 Å². The molecule has 0 amide bonds. The molecular weight excluding hydrogens is 1090 g/mol. The first-order chi connectivity index (χ1) is 34.8. The van der Waals surface area contributed by atoms with Gasteiger partial charge in [0.05, 0.1) is 44.2 Å². The fraction of sp³-hybridized carbons (Fsp3) is 0.105. The molecule has 0 bridgehead atoms. The third-order valence-corrected chi connectivity index (χ3v) is 16.3. The monoisotopic (exact) mass is 1140 g/mol. The number of aromatic nitrogens is 1. The summed E-state index contributed by atoms with van der Waals surface area (Å²) < 4.78 is 39.0. The van der Waals surface area contributed by atoms with Crippen molar-refractivity contribution in [1.82, 2.24) is 4.98 Å². The van der Waals surface area contributed by atoms with Crippen LogP contribution in [0.4, 0.5) is 0 Å². The van der Waals surface area contributed by atoms with Gasteiger partial charge >= 0.3 is 51.7 Å². The van der Waals surface area contributed by atoms with Crippen molar-refractivity contribution in [2.45, 2.75) is 59.5 Å². The fourth-order valence-electron chi connectivity index (χ4n) is 8.15. The summed E-state index contributed by atoms with van der Waals surface area (Å²) in [5.74, 6) is 3.51. The van der Waals surface area contributed by atoms with Crippen LogP contribution in [0.5, 0.6) is 23.0 Å². The summed E-state index contributed by atoms with van der Waals surface area (Å²) in [5.41, 5.74) is 4.18. The minimum absolute atomic E-state index is 0.165. The van der Waals surface area contributed by atoms with E-state index in [2.05, 4.69) is 166 Å². The van der Waals surface area contributed by atoms with Gasteiger partial charge in [-0.15, -0.1) is 0 Å². The van der Waals surface area contributed by atoms with Gasteiger partial charge in [0.1, 0.15) is 23.0 Å². The third kappa shape index (κ3) is 11.6. The Bertz CT molecular complexity index is 3130. The molecule has 7 nitrogen and oxygen atoms in total. The topological polar surface area (TPSA) is 68.3 Å². The maximum Gasteiger partial charge on any atom is 0.463 e. The Morgan fingerprint density at radius 3 is 1.10 bits per heavy atom. The Balaban J connectivity index is 0.000000394. The first kappa shape index (κ1) is 49.6. The summed E-state index contributed by atoms with van der Waals surface area (Å²) in [7, 11) is 6.00. The second-order valence-corrected chi connectivity index (χ2v) is 23.6. The first-order valence-corrected chi connectivity index (χ1v) is 31.0. The van der Waals surface area contributed by atoms with Gasteiger partial charge in [-0.1, -0.05) is 195 Å². The molecule has 2 aliphatic heterocycles. The van der Waals surface area contributed by atoms with E-state index in [1.165, 1.54) is 11.1 Å². The van der Waals surface area contributed by atoms with Gasteiger partial charge in [-0.2, -0.15) is 0 Å². The van der Waals surface area contributed by atoms with E-state index in [1.807, 2.05) is 42.5 Å². The van der Waals surface area contributed by atoms with E-state index >= 15 is 0 Å². The minimum Gasteiger partial charge on any atom is -0.416 e. The molecule has 0 aliphatic carbocycles. The Hall–Kier alpha value is -4.95. The Kier molecular flexibility index (Phi) is 16.3. The van der Waals surface area contributed by atoms with Crippen LogP contribution in [0.2, 0.25) is 0 Å². The van der Waals surface area contributed by atoms with Crippen molar-refractivity contribution in [3.05, 3.63) is 211 Å². The van der Waals surface area contributed by atoms with Crippen molar-refractivity contribution in [2.24, 2.45) is 0 Å². The summed E-state index contributed by atoms with van der Waals surface area (Å²) in [4.78, 5) is 9.01. The maximum atomic E-state index is 6.54. The second-order valence-electron chi connectivity index (χ2n) is 16.8. The van der Waals surface area contributed by atoms with Crippen LogP contribution in [0.15, 0.2) is 208 Å². The molecule has 10 aromatic rings. The standard InChI is InChI=1S/C47H31NO6P2S2.C10H14.2ClH.Ru/c1-5-16-36-30(10-1)20-24-40-44(36)57-45-37-17-6-2-11-31(37)21-25-41(45)52-55(51-40)49-28-34-14-9-15-35(48-34)29-50-56-53-42-26-22-32-12-3-7-18-38(32)46(42)58-47-39-19-8-4-13-33(39)23-27-43(47)54-56;1-8(2)10-6-4-9(3)5-7-10;;;/h1-27H,28-29H2;4-8H,1-3H3;2*1H;/q;;;;+2/p-2. The van der Waals surface area contributed by atoms with Crippen molar-refractivity contribution < 1.29 is 42.3 Å². The van der Waals surface area contributed by atoms with Gasteiger partial charge < -0.3 is 18.1 Å². The van der Waals surface area contributed by atoms with Gasteiger partial charge in [0, 0.05) is 0 Å². The molecule has 12 rings (SSSR count). The van der Waals surface area contributed by atoms with E-state index in [0.717, 1.165) is 62.7 Å². The second kappa shape index (κ2) is 23.3. The summed E-state index contributed by atoms with van der Waals surface area (Å²) in [6, 6.07) is 64.3. The molecule has 0 fully saturated rings. The molecule has 1 aromatic heterocycles. The normalized spacial score (nSPS) is 13.3. The van der Waals surface area contributed by atoms with E-state index in [4.69, 9.17) is 51.5 Å². The van der Waals surface area contributed by atoms with Crippen molar-refractivity contribution in [2.75, 3.05) is 0 Å². The van der Waals surface area contributed by atoms with Gasteiger partial charge in [0.2, 0.25) is 0 Å². The third-order valence-electron chi connectivity index (χ3n) is 11.7. The van der Waals surface area contributed by atoms with E-state index in [9.17, 15) is 0 Å². The van der Waals surface area contributed by atoms with Crippen LogP contribution >= 0.6 is 60.1 Å². The van der Waals surface area contributed by atoms with Gasteiger partial charge in [-0.3, -0.25) is 14.0 Å². The zero-order valence-corrected chi connectivity index (χ0v) is 45.3. The predicted molar refractivity (Wildman–Crippen MR) is 291 cm³/mol. The zero-order chi connectivity index (χ0) is 48.7. The molecule has 0 radical (unpaired) electrons. The minimum atomic E-state index is -1.85. The summed E-state index contributed by atoms with van der Waals surface area (Å²) in [5, 5.41) is 9.01. The van der Waals surface area contributed by atoms with Crippen LogP contribution < -0.4 is 18.1 Å². The quantitative estimate of drug-likeness (QED) is 0.115. The molecule has 3 heterocycles. The first-order valence-electron chi connectivity index (χ1n) is 22.7. The molecule has 2 aliphatic rings. The molecule has 0 saturated heterocycles. The van der Waals surface area contributed by atoms with Crippen molar-refractivity contribution in [1.29, 1.82) is 0 Å². The average Bonchev–Trinajstić information content (AvgIpc) is 3.38. The molecule has 14 heteroatoms. The number of hydrogen-bond acceptors (Lipinski definition) is 9.